The van der Waals surface area contributed by atoms with Gasteiger partial charge in [-0.15, -0.1) is 0 Å². The Morgan fingerprint density at radius 2 is 1.43 bits per heavy atom. The van der Waals surface area contributed by atoms with Crippen molar-refractivity contribution in [1.29, 1.82) is 0 Å². The van der Waals surface area contributed by atoms with Gasteiger partial charge in [0.1, 0.15) is 40.1 Å². The van der Waals surface area contributed by atoms with E-state index in [1.165, 1.54) is 18.2 Å². The number of hydrogen-bond donors (Lipinski definition) is 3. The van der Waals surface area contributed by atoms with Crippen molar-refractivity contribution in [1.82, 2.24) is 0 Å². The van der Waals surface area contributed by atoms with Crippen LogP contribution in [0.5, 0.6) is 0 Å². The zero-order chi connectivity index (χ0) is 38.0. The quantitative estimate of drug-likeness (QED) is 0.171. The van der Waals surface area contributed by atoms with Gasteiger partial charge in [0, 0.05) is 22.6 Å². The maximum absolute atomic E-state index is 14.1. The van der Waals surface area contributed by atoms with Gasteiger partial charge in [-0.3, -0.25) is 0 Å². The second kappa shape index (κ2) is 12.1. The summed E-state index contributed by atoms with van der Waals surface area (Å²) in [5, 5.41) is 36.8. The molecular formula is C41H36Cl2O11. The van der Waals surface area contributed by atoms with E-state index in [-0.39, 0.29) is 26.8 Å². The van der Waals surface area contributed by atoms with Crippen LogP contribution in [0.4, 0.5) is 0 Å². The van der Waals surface area contributed by atoms with Crippen LogP contribution >= 0.6 is 23.2 Å². The molecule has 7 aliphatic rings. The van der Waals surface area contributed by atoms with Crippen LogP contribution in [-0.2, 0) is 34.4 Å². The highest BCUT2D eigenvalue weighted by Gasteiger charge is 2.89. The number of esters is 2. The maximum Gasteiger partial charge on any atom is 0.339 e. The van der Waals surface area contributed by atoms with E-state index in [4.69, 9.17) is 51.6 Å². The Balaban J connectivity index is 1.28. The van der Waals surface area contributed by atoms with Crippen LogP contribution in [0, 0.1) is 11.8 Å². The molecule has 0 aromatic heterocycles. The predicted octanol–water partition coefficient (Wildman–Crippen LogP) is 4.88. The van der Waals surface area contributed by atoms with E-state index in [9.17, 15) is 24.9 Å². The molecule has 12 atom stereocenters. The predicted molar refractivity (Wildman–Crippen MR) is 192 cm³/mol. The Morgan fingerprint density at radius 1 is 0.852 bits per heavy atom. The lowest BCUT2D eigenvalue weighted by Gasteiger charge is -2.72. The molecule has 54 heavy (non-hydrogen) atoms. The molecule has 2 saturated carbocycles. The van der Waals surface area contributed by atoms with Crippen molar-refractivity contribution >= 4 is 35.1 Å². The molecular weight excluding hydrogens is 739 g/mol. The average Bonchev–Trinajstić information content (AvgIpc) is 3.85. The molecule has 11 nitrogen and oxygen atoms in total. The Labute approximate surface area is 320 Å². The second-order valence-electron chi connectivity index (χ2n) is 14.8. The molecule has 4 bridgehead atoms. The van der Waals surface area contributed by atoms with Crippen molar-refractivity contribution in [2.24, 2.45) is 11.8 Å². The van der Waals surface area contributed by atoms with E-state index in [2.05, 4.69) is 6.58 Å². The number of carbonyl (C=O) groups is 2. The van der Waals surface area contributed by atoms with Crippen molar-refractivity contribution < 1.29 is 53.3 Å². The van der Waals surface area contributed by atoms with Crippen LogP contribution in [0.2, 0.25) is 0 Å². The number of aliphatic hydroxyl groups is 3. The molecule has 3 aromatic rings. The zero-order valence-electron chi connectivity index (χ0n) is 29.1. The first-order chi connectivity index (χ1) is 25.8. The average molecular weight is 776 g/mol. The van der Waals surface area contributed by atoms with Crippen molar-refractivity contribution in [2.45, 2.75) is 72.7 Å². The molecule has 3 aliphatic carbocycles. The lowest BCUT2D eigenvalue weighted by molar-refractivity contribution is -0.570. The van der Waals surface area contributed by atoms with Gasteiger partial charge in [-0.1, -0.05) is 103 Å². The van der Waals surface area contributed by atoms with Crippen LogP contribution < -0.4 is 0 Å². The summed E-state index contributed by atoms with van der Waals surface area (Å²) in [6.07, 6.45) is -5.47. The highest BCUT2D eigenvalue weighted by atomic mass is 35.5. The van der Waals surface area contributed by atoms with Crippen LogP contribution in [0.15, 0.2) is 125 Å². The molecule has 3 N–H and O–H groups in total. The number of halogens is 2. The number of hydrogen-bond acceptors (Lipinski definition) is 11. The first-order valence-electron chi connectivity index (χ1n) is 17.6. The number of epoxide rings is 1. The smallest absolute Gasteiger partial charge is 0.339 e. The fraction of sp³-hybridized carbons (Fsp3) is 0.366. The molecule has 1 spiro atoms. The van der Waals surface area contributed by atoms with E-state index in [0.29, 0.717) is 11.1 Å². The third-order valence-electron chi connectivity index (χ3n) is 12.2. The van der Waals surface area contributed by atoms with Crippen LogP contribution in [0.3, 0.4) is 0 Å². The molecule has 13 heteroatoms. The monoisotopic (exact) mass is 774 g/mol. The maximum atomic E-state index is 14.1. The van der Waals surface area contributed by atoms with E-state index in [0.717, 1.165) is 0 Å². The third kappa shape index (κ3) is 4.44. The summed E-state index contributed by atoms with van der Waals surface area (Å²) in [6.45, 7) is 7.04. The van der Waals surface area contributed by atoms with Gasteiger partial charge in [-0.2, -0.15) is 0 Å². The summed E-state index contributed by atoms with van der Waals surface area (Å²) >= 11 is 13.0. The minimum Gasteiger partial charge on any atom is -0.450 e. The van der Waals surface area contributed by atoms with Gasteiger partial charge >= 0.3 is 17.9 Å². The fourth-order valence-corrected chi connectivity index (χ4v) is 10.1. The van der Waals surface area contributed by atoms with Crippen molar-refractivity contribution in [3.05, 3.63) is 142 Å². The Kier molecular flexibility index (Phi) is 7.99. The summed E-state index contributed by atoms with van der Waals surface area (Å²) in [7, 11) is 0. The molecule has 4 aliphatic heterocycles. The minimum atomic E-state index is -2.55. The molecule has 6 fully saturated rings. The summed E-state index contributed by atoms with van der Waals surface area (Å²) in [6, 6.07) is 25.4. The lowest BCUT2D eigenvalue weighted by atomic mass is 9.53. The first kappa shape index (κ1) is 35.8. The molecule has 3 aromatic carbocycles. The second-order valence-corrected chi connectivity index (χ2v) is 15.8. The highest BCUT2D eigenvalue weighted by Crippen LogP contribution is 2.74. The number of aliphatic hydroxyl groups excluding tert-OH is 2. The SMILES string of the molecule is C=C(C)[C@@]1(OC(=O)c2ccccc2)[C@@H]2O[C@]3(c4ccccc4)O[C@H]1[C@@H](C)[C@]1(O3)C3=CC(=C(Cl)Cl)[C@H](OC(=O)c4ccccc4)[C@@]3(O)[C@H](O)[C@@]3(CO)O[C@H]3[C@@H]21. The third-order valence-corrected chi connectivity index (χ3v) is 12.7. The van der Waals surface area contributed by atoms with Gasteiger partial charge in [0.2, 0.25) is 0 Å². The number of fused-ring (bicyclic) bond motifs is 2. The highest BCUT2D eigenvalue weighted by molar-refractivity contribution is 6.56. The number of benzene rings is 3. The van der Waals surface area contributed by atoms with Crippen molar-refractivity contribution in [3.63, 3.8) is 0 Å². The standard InChI is InChI=1S/C41H36Cl2O11/c1-21(2)39(53-35(46)24-15-9-5-10-16-24)29-22(3)40-27-19-26(33(42)43)30(49-34(45)23-13-7-4-8-14-23)38(27,48)36(47)37(20-44)31(50-37)28(40)32(39)52-41(51-29,54-40)25-17-11-6-12-18-25/h4-19,22,28-32,36,44,47-48H,1,20H2,2-3H3/t22-,28+,29+,30+,31+,32-,36-,37+,38-,39+,40+,41+/m1/s1. The van der Waals surface area contributed by atoms with Crippen LogP contribution in [-0.4, -0.2) is 86.8 Å². The summed E-state index contributed by atoms with van der Waals surface area (Å²) < 4.78 is 39.5. The van der Waals surface area contributed by atoms with E-state index < -0.39 is 89.3 Å². The van der Waals surface area contributed by atoms with Gasteiger partial charge < -0.3 is 43.7 Å². The largest absolute Gasteiger partial charge is 0.450 e. The van der Waals surface area contributed by atoms with Gasteiger partial charge in [0.05, 0.1) is 23.7 Å². The molecule has 0 radical (unpaired) electrons. The Morgan fingerprint density at radius 3 is 2.00 bits per heavy atom. The van der Waals surface area contributed by atoms with Crippen LogP contribution in [0.25, 0.3) is 0 Å². The van der Waals surface area contributed by atoms with Crippen molar-refractivity contribution in [2.75, 3.05) is 6.61 Å². The normalized spacial score (nSPS) is 40.8. The summed E-state index contributed by atoms with van der Waals surface area (Å²) in [4.78, 5) is 27.8. The lowest BCUT2D eigenvalue weighted by Crippen LogP contribution is -2.85. The Hall–Kier alpha value is -3.88. The van der Waals surface area contributed by atoms with E-state index >= 15 is 0 Å². The van der Waals surface area contributed by atoms with E-state index in [1.807, 2.05) is 6.07 Å². The molecule has 0 unspecified atom stereocenters. The van der Waals surface area contributed by atoms with Gasteiger partial charge in [-0.05, 0) is 42.8 Å². The molecule has 4 heterocycles. The Bertz CT molecular complexity index is 2130. The molecule has 10 rings (SSSR count). The van der Waals surface area contributed by atoms with E-state index in [1.54, 1.807) is 86.6 Å². The molecule has 0 amide bonds. The van der Waals surface area contributed by atoms with Gasteiger partial charge in [0.25, 0.3) is 0 Å². The molecule has 4 saturated heterocycles. The number of rotatable bonds is 7. The fourth-order valence-electron chi connectivity index (χ4n) is 9.76. The zero-order valence-corrected chi connectivity index (χ0v) is 30.6. The van der Waals surface area contributed by atoms with Gasteiger partial charge in [-0.25, -0.2) is 9.59 Å². The first-order valence-corrected chi connectivity index (χ1v) is 18.4. The number of ether oxygens (including phenoxy) is 6. The summed E-state index contributed by atoms with van der Waals surface area (Å²) in [5.41, 5.74) is -6.48. The number of carbonyl (C=O) groups excluding carboxylic acids is 2. The topological polar surface area (TPSA) is 154 Å². The van der Waals surface area contributed by atoms with Crippen LogP contribution in [0.1, 0.15) is 40.1 Å². The van der Waals surface area contributed by atoms with Gasteiger partial charge in [0.15, 0.2) is 17.3 Å². The molecule has 280 valence electrons. The van der Waals surface area contributed by atoms with Crippen molar-refractivity contribution in [3.8, 4) is 0 Å². The minimum absolute atomic E-state index is 0.0195. The summed E-state index contributed by atoms with van der Waals surface area (Å²) in [5.74, 6) is -5.33.